The van der Waals surface area contributed by atoms with E-state index in [1.54, 1.807) is 18.5 Å². The van der Waals surface area contributed by atoms with E-state index in [9.17, 15) is 18.4 Å². The van der Waals surface area contributed by atoms with Gasteiger partial charge in [-0.3, -0.25) is 19.7 Å². The van der Waals surface area contributed by atoms with Crippen molar-refractivity contribution in [3.63, 3.8) is 0 Å². The maximum atomic E-state index is 13.5. The molecule has 10 heteroatoms. The maximum Gasteiger partial charge on any atom is 0.339 e. The molecule has 0 spiro atoms. The van der Waals surface area contributed by atoms with Crippen LogP contribution in [0, 0.1) is 17.8 Å². The van der Waals surface area contributed by atoms with E-state index in [1.807, 2.05) is 12.2 Å². The number of carbonyl (C=O) groups excluding carboxylic acids is 2. The highest BCUT2D eigenvalue weighted by Gasteiger charge is 2.53. The minimum absolute atomic E-state index is 0.0216. The van der Waals surface area contributed by atoms with Gasteiger partial charge in [0.2, 0.25) is 0 Å². The summed E-state index contributed by atoms with van der Waals surface area (Å²) in [6.07, 6.45) is 8.25. The van der Waals surface area contributed by atoms with Crippen molar-refractivity contribution in [1.82, 2.24) is 25.1 Å². The predicted octanol–water partition coefficient (Wildman–Crippen LogP) is 1.76. The van der Waals surface area contributed by atoms with E-state index in [1.165, 1.54) is 9.80 Å². The second-order valence-electron chi connectivity index (χ2n) is 9.36. The van der Waals surface area contributed by atoms with Crippen LogP contribution in [0.1, 0.15) is 23.4 Å². The number of rotatable bonds is 2. The number of dihydropyridines is 1. The van der Waals surface area contributed by atoms with E-state index >= 15 is 0 Å². The Labute approximate surface area is 189 Å². The third-order valence-electron chi connectivity index (χ3n) is 7.37. The van der Waals surface area contributed by atoms with Crippen molar-refractivity contribution < 1.29 is 22.5 Å². The average Bonchev–Trinajstić information content (AvgIpc) is 3.52. The summed E-state index contributed by atoms with van der Waals surface area (Å²) in [5.74, 6) is -2.06. The normalized spacial score (nSPS) is 38.8. The molecule has 0 aromatic heterocycles. The number of fused-ring (bicyclic) bond motifs is 4. The number of likely N-dealkylation sites (tertiary alicyclic amines) is 2. The number of carbonyl (C=O) groups is 2. The van der Waals surface area contributed by atoms with Crippen molar-refractivity contribution in [3.05, 3.63) is 35.7 Å². The lowest BCUT2D eigenvalue weighted by Crippen LogP contribution is -2.48. The molecule has 0 aromatic rings. The molecule has 0 aromatic carbocycles. The second kappa shape index (κ2) is 6.87. The van der Waals surface area contributed by atoms with Crippen LogP contribution in [0.3, 0.4) is 0 Å². The van der Waals surface area contributed by atoms with Gasteiger partial charge in [-0.2, -0.15) is 0 Å². The van der Waals surface area contributed by atoms with Crippen molar-refractivity contribution in [2.75, 3.05) is 26.6 Å². The molecule has 1 aliphatic carbocycles. The zero-order valence-electron chi connectivity index (χ0n) is 20.3. The van der Waals surface area contributed by atoms with E-state index in [0.29, 0.717) is 22.4 Å². The summed E-state index contributed by atoms with van der Waals surface area (Å²) in [6.45, 7) is -1.74. The summed E-state index contributed by atoms with van der Waals surface area (Å²) in [5.41, 5.74) is 4.04. The summed E-state index contributed by atoms with van der Waals surface area (Å²) in [7, 11) is 0. The van der Waals surface area contributed by atoms with Crippen molar-refractivity contribution in [2.45, 2.75) is 37.5 Å². The Kier molecular flexibility index (Phi) is 3.61. The number of alkyl halides is 2. The number of hydrazine groups is 1. The summed E-state index contributed by atoms with van der Waals surface area (Å²) in [5, 5.41) is 0.660. The lowest BCUT2D eigenvalue weighted by atomic mass is 9.88. The number of hydrogen-bond donors (Lipinski definition) is 1. The Hall–Kier alpha value is -2.75. The summed E-state index contributed by atoms with van der Waals surface area (Å²) < 4.78 is 49.7. The fourth-order valence-electron chi connectivity index (χ4n) is 5.47. The SMILES string of the molecule is [2H]C([2H])([2H])N1NC2C=C(N3CC4CC4C4C=C(C(=O)N5CCC(F)(F)CC5)C=NC43)C=CN2C1=O. The molecule has 8 nitrogen and oxygen atoms in total. The van der Waals surface area contributed by atoms with Crippen molar-refractivity contribution >= 4 is 18.2 Å². The molecule has 3 saturated heterocycles. The summed E-state index contributed by atoms with van der Waals surface area (Å²) >= 11 is 0. The second-order valence-corrected chi connectivity index (χ2v) is 9.36. The Morgan fingerprint density at radius 2 is 2.12 bits per heavy atom. The standard InChI is InChI=1S/C22H26F2N6O2/c1-27-21(32)29-5-2-15(10-18(29)26-27)30-12-14-9-16(14)17-8-13(11-25-19(17)30)20(31)28-6-3-22(23,24)4-7-28/h2,5,8,10-11,14,16-19,26H,3-4,6-7,9,12H2,1H3/i1D3. The van der Waals surface area contributed by atoms with Crippen molar-refractivity contribution in [1.29, 1.82) is 0 Å². The van der Waals surface area contributed by atoms with Crippen LogP contribution in [-0.2, 0) is 4.79 Å². The first-order valence-corrected chi connectivity index (χ1v) is 11.0. The predicted molar refractivity (Wildman–Crippen MR) is 112 cm³/mol. The molecule has 3 amide bonds. The molecule has 4 fully saturated rings. The summed E-state index contributed by atoms with van der Waals surface area (Å²) in [4.78, 5) is 35.1. The van der Waals surface area contributed by atoms with Gasteiger partial charge in [-0.1, -0.05) is 6.08 Å². The number of halogens is 2. The minimum Gasteiger partial charge on any atom is -0.349 e. The van der Waals surface area contributed by atoms with Crippen LogP contribution in [0.25, 0.3) is 0 Å². The molecule has 0 bridgehead atoms. The van der Waals surface area contributed by atoms with Crippen LogP contribution in [0.15, 0.2) is 40.7 Å². The number of nitrogens with one attached hydrogen (secondary N) is 1. The molecule has 5 aliphatic heterocycles. The van der Waals surface area contributed by atoms with Crippen LogP contribution in [0.5, 0.6) is 0 Å². The third kappa shape index (κ3) is 3.15. The van der Waals surface area contributed by atoms with Crippen LogP contribution in [0.2, 0.25) is 0 Å². The third-order valence-corrected chi connectivity index (χ3v) is 7.37. The molecule has 1 saturated carbocycles. The highest BCUT2D eigenvalue weighted by atomic mass is 19.3. The first-order chi connectivity index (χ1) is 16.5. The molecule has 6 aliphatic rings. The van der Waals surface area contributed by atoms with Crippen LogP contribution in [-0.4, -0.2) is 82.7 Å². The first kappa shape index (κ1) is 16.8. The van der Waals surface area contributed by atoms with Gasteiger partial charge in [0, 0.05) is 67.6 Å². The molecule has 5 atom stereocenters. The number of allylic oxidation sites excluding steroid dienone is 1. The zero-order valence-corrected chi connectivity index (χ0v) is 17.3. The van der Waals surface area contributed by atoms with Crippen LogP contribution in [0.4, 0.5) is 13.6 Å². The van der Waals surface area contributed by atoms with E-state index in [0.717, 1.165) is 18.7 Å². The number of aliphatic imine (C=N–C) groups is 1. The quantitative estimate of drug-likeness (QED) is 0.700. The number of urea groups is 1. The van der Waals surface area contributed by atoms with Gasteiger partial charge < -0.3 is 9.80 Å². The Balaban J connectivity index is 1.20. The Bertz CT molecular complexity index is 1080. The van der Waals surface area contributed by atoms with Gasteiger partial charge in [0.15, 0.2) is 0 Å². The van der Waals surface area contributed by atoms with E-state index < -0.39 is 25.1 Å². The van der Waals surface area contributed by atoms with Gasteiger partial charge in [-0.05, 0) is 30.4 Å². The van der Waals surface area contributed by atoms with Gasteiger partial charge in [-0.15, -0.1) is 0 Å². The minimum atomic E-state index is -2.71. The van der Waals surface area contributed by atoms with Gasteiger partial charge in [0.25, 0.3) is 11.8 Å². The van der Waals surface area contributed by atoms with Gasteiger partial charge in [0.05, 0.1) is 5.57 Å². The molecule has 32 heavy (non-hydrogen) atoms. The monoisotopic (exact) mass is 447 g/mol. The number of nitrogens with zero attached hydrogens (tertiary/aromatic N) is 5. The topological polar surface area (TPSA) is 71.5 Å². The smallest absolute Gasteiger partial charge is 0.339 e. The van der Waals surface area contributed by atoms with E-state index in [-0.39, 0.29) is 43.9 Å². The first-order valence-electron chi connectivity index (χ1n) is 12.5. The van der Waals surface area contributed by atoms with Crippen molar-refractivity contribution in [2.24, 2.45) is 22.7 Å². The number of hydrogen-bond acceptors (Lipinski definition) is 5. The van der Waals surface area contributed by atoms with Crippen LogP contribution < -0.4 is 5.43 Å². The molecule has 5 unspecified atom stereocenters. The zero-order chi connectivity index (χ0) is 24.7. The van der Waals surface area contributed by atoms with E-state index in [4.69, 9.17) is 9.10 Å². The number of piperidine rings is 2. The van der Waals surface area contributed by atoms with Gasteiger partial charge >= 0.3 is 6.03 Å². The number of amides is 3. The fraction of sp³-hybridized carbons (Fsp3) is 0.591. The van der Waals surface area contributed by atoms with Crippen molar-refractivity contribution in [3.8, 4) is 0 Å². The maximum absolute atomic E-state index is 13.5. The molecular weight excluding hydrogens is 418 g/mol. The molecular formula is C22H26F2N6O2. The van der Waals surface area contributed by atoms with Gasteiger partial charge in [-0.25, -0.2) is 19.0 Å². The van der Waals surface area contributed by atoms with Gasteiger partial charge in [0.1, 0.15) is 12.3 Å². The average molecular weight is 448 g/mol. The molecule has 0 radical (unpaired) electrons. The molecule has 5 heterocycles. The lowest BCUT2D eigenvalue weighted by Gasteiger charge is -2.42. The highest BCUT2D eigenvalue weighted by molar-refractivity contribution is 6.12. The summed E-state index contributed by atoms with van der Waals surface area (Å²) in [6, 6.07) is -0.641. The lowest BCUT2D eigenvalue weighted by molar-refractivity contribution is -0.132. The Morgan fingerprint density at radius 1 is 1.31 bits per heavy atom. The van der Waals surface area contributed by atoms with Crippen LogP contribution >= 0.6 is 0 Å². The largest absolute Gasteiger partial charge is 0.349 e. The molecule has 1 N–H and O–H groups in total. The highest BCUT2D eigenvalue weighted by Crippen LogP contribution is 2.53. The van der Waals surface area contributed by atoms with E-state index in [2.05, 4.69) is 10.3 Å². The fourth-order valence-corrected chi connectivity index (χ4v) is 5.47. The molecule has 170 valence electrons. The Morgan fingerprint density at radius 3 is 2.91 bits per heavy atom. The molecule has 6 rings (SSSR count).